The number of unbranched alkanes of at least 4 members (excludes halogenated alkanes) is 36. The second kappa shape index (κ2) is 57.9. The van der Waals surface area contributed by atoms with Gasteiger partial charge in [0.15, 0.2) is 6.10 Å². The molecule has 0 saturated heterocycles. The molecule has 0 amide bonds. The SMILES string of the molecule is CCCCC/C=C\C/C=C\CCCCCCCC(=O)OCC(COC(=O)CCCCCCC/C=C\C/C=C\CCCCC)OC(=O)CCCCCCCCCCCCCCCCCCCCCCC. The maximum absolute atomic E-state index is 12.9. The maximum Gasteiger partial charge on any atom is 0.306 e. The minimum atomic E-state index is -0.783. The molecule has 0 aliphatic carbocycles. The van der Waals surface area contributed by atoms with Crippen LogP contribution in [0.3, 0.4) is 0 Å². The fourth-order valence-electron chi connectivity index (χ4n) is 8.74. The third-order valence-electron chi connectivity index (χ3n) is 13.3. The van der Waals surface area contributed by atoms with E-state index in [4.69, 9.17) is 14.2 Å². The molecule has 6 heteroatoms. The number of hydrogen-bond donors (Lipinski definition) is 0. The maximum atomic E-state index is 12.9. The molecule has 0 aliphatic heterocycles. The average molecular weight is 968 g/mol. The number of rotatable bonds is 55. The van der Waals surface area contributed by atoms with Crippen LogP contribution in [-0.4, -0.2) is 37.2 Å². The van der Waals surface area contributed by atoms with Gasteiger partial charge in [0.25, 0.3) is 0 Å². The van der Waals surface area contributed by atoms with Crippen molar-refractivity contribution in [2.24, 2.45) is 0 Å². The average Bonchev–Trinajstić information content (AvgIpc) is 3.35. The molecule has 0 unspecified atom stereocenters. The van der Waals surface area contributed by atoms with E-state index in [-0.39, 0.29) is 31.1 Å². The van der Waals surface area contributed by atoms with Crippen molar-refractivity contribution < 1.29 is 28.6 Å². The molecule has 0 saturated carbocycles. The van der Waals surface area contributed by atoms with Gasteiger partial charge in [-0.05, 0) is 83.5 Å². The Bertz CT molecular complexity index is 1140. The number of carbonyl (C=O) groups excluding carboxylic acids is 3. The second-order valence-electron chi connectivity index (χ2n) is 20.3. The fraction of sp³-hybridized carbons (Fsp3) is 0.825. The first-order chi connectivity index (χ1) is 34.0. The molecule has 0 radical (unpaired) electrons. The van der Waals surface area contributed by atoms with Crippen LogP contribution in [0.25, 0.3) is 0 Å². The lowest BCUT2D eigenvalue weighted by molar-refractivity contribution is -0.167. The predicted octanol–water partition coefficient (Wildman–Crippen LogP) is 20.2. The number of ether oxygens (including phenoxy) is 3. The molecule has 0 aromatic heterocycles. The molecule has 0 rings (SSSR count). The highest BCUT2D eigenvalue weighted by Gasteiger charge is 2.19. The van der Waals surface area contributed by atoms with E-state index in [1.165, 1.54) is 180 Å². The Kier molecular flexibility index (Phi) is 55.7. The van der Waals surface area contributed by atoms with Crippen molar-refractivity contribution in [2.75, 3.05) is 13.2 Å². The smallest absolute Gasteiger partial charge is 0.306 e. The third-order valence-corrected chi connectivity index (χ3v) is 13.3. The Morgan fingerprint density at radius 1 is 0.290 bits per heavy atom. The number of hydrogen-bond acceptors (Lipinski definition) is 6. The van der Waals surface area contributed by atoms with Crippen molar-refractivity contribution in [2.45, 2.75) is 322 Å². The minimum Gasteiger partial charge on any atom is -0.462 e. The largest absolute Gasteiger partial charge is 0.462 e. The molecule has 69 heavy (non-hydrogen) atoms. The summed E-state index contributed by atoms with van der Waals surface area (Å²) in [7, 11) is 0. The summed E-state index contributed by atoms with van der Waals surface area (Å²) in [5.74, 6) is -0.891. The van der Waals surface area contributed by atoms with E-state index >= 15 is 0 Å². The summed E-state index contributed by atoms with van der Waals surface area (Å²) in [6.07, 6.45) is 71.0. The minimum absolute atomic E-state index is 0.0822. The monoisotopic (exact) mass is 967 g/mol. The third kappa shape index (κ3) is 56.2. The van der Waals surface area contributed by atoms with Crippen molar-refractivity contribution in [3.05, 3.63) is 48.6 Å². The van der Waals surface area contributed by atoms with E-state index < -0.39 is 6.10 Å². The van der Waals surface area contributed by atoms with E-state index in [1.54, 1.807) is 0 Å². The summed E-state index contributed by atoms with van der Waals surface area (Å²) in [4.78, 5) is 38.2. The Hall–Kier alpha value is -2.63. The molecule has 0 aliphatic rings. The van der Waals surface area contributed by atoms with Crippen LogP contribution < -0.4 is 0 Å². The van der Waals surface area contributed by atoms with Gasteiger partial charge in [-0.2, -0.15) is 0 Å². The molecule has 402 valence electrons. The summed E-state index contributed by atoms with van der Waals surface area (Å²) in [6, 6.07) is 0. The van der Waals surface area contributed by atoms with Gasteiger partial charge in [-0.15, -0.1) is 0 Å². The van der Waals surface area contributed by atoms with Gasteiger partial charge in [0, 0.05) is 19.3 Å². The lowest BCUT2D eigenvalue weighted by Gasteiger charge is -2.18. The van der Waals surface area contributed by atoms with Gasteiger partial charge >= 0.3 is 17.9 Å². The van der Waals surface area contributed by atoms with E-state index in [1.807, 2.05) is 0 Å². The van der Waals surface area contributed by atoms with Crippen molar-refractivity contribution in [3.8, 4) is 0 Å². The van der Waals surface area contributed by atoms with Crippen LogP contribution >= 0.6 is 0 Å². The van der Waals surface area contributed by atoms with Crippen molar-refractivity contribution in [1.82, 2.24) is 0 Å². The van der Waals surface area contributed by atoms with Crippen LogP contribution in [0.2, 0.25) is 0 Å². The Labute approximate surface area is 428 Å². The summed E-state index contributed by atoms with van der Waals surface area (Å²) in [5.41, 5.74) is 0. The summed E-state index contributed by atoms with van der Waals surface area (Å²) in [6.45, 7) is 6.61. The zero-order chi connectivity index (χ0) is 50.0. The lowest BCUT2D eigenvalue weighted by atomic mass is 10.0. The molecule has 6 nitrogen and oxygen atoms in total. The molecule has 0 atom stereocenters. The van der Waals surface area contributed by atoms with Gasteiger partial charge in [-0.1, -0.05) is 262 Å². The van der Waals surface area contributed by atoms with Crippen LogP contribution in [0.5, 0.6) is 0 Å². The first-order valence-electron chi connectivity index (χ1n) is 30.1. The second-order valence-corrected chi connectivity index (χ2v) is 20.3. The van der Waals surface area contributed by atoms with Crippen LogP contribution in [-0.2, 0) is 28.6 Å². The van der Waals surface area contributed by atoms with Gasteiger partial charge in [0.1, 0.15) is 13.2 Å². The molecule has 0 N–H and O–H groups in total. The van der Waals surface area contributed by atoms with Crippen molar-refractivity contribution in [3.63, 3.8) is 0 Å². The highest BCUT2D eigenvalue weighted by Crippen LogP contribution is 2.17. The highest BCUT2D eigenvalue weighted by molar-refractivity contribution is 5.71. The molecular weight excluding hydrogens is 853 g/mol. The van der Waals surface area contributed by atoms with Gasteiger partial charge in [-0.25, -0.2) is 0 Å². The molecule has 0 spiro atoms. The van der Waals surface area contributed by atoms with Crippen LogP contribution in [0, 0.1) is 0 Å². The normalized spacial score (nSPS) is 11.9. The van der Waals surface area contributed by atoms with Gasteiger partial charge in [0.05, 0.1) is 0 Å². The van der Waals surface area contributed by atoms with E-state index in [2.05, 4.69) is 69.4 Å². The first-order valence-corrected chi connectivity index (χ1v) is 30.1. The van der Waals surface area contributed by atoms with Crippen LogP contribution in [0.15, 0.2) is 48.6 Å². The van der Waals surface area contributed by atoms with Gasteiger partial charge in [-0.3, -0.25) is 14.4 Å². The molecule has 0 aromatic carbocycles. The Morgan fingerprint density at radius 2 is 0.522 bits per heavy atom. The Morgan fingerprint density at radius 3 is 0.826 bits per heavy atom. The van der Waals surface area contributed by atoms with Crippen LogP contribution in [0.1, 0.15) is 316 Å². The summed E-state index contributed by atoms with van der Waals surface area (Å²) >= 11 is 0. The summed E-state index contributed by atoms with van der Waals surface area (Å²) < 4.78 is 16.9. The van der Waals surface area contributed by atoms with Gasteiger partial charge < -0.3 is 14.2 Å². The molecule has 0 heterocycles. The number of carbonyl (C=O) groups is 3. The highest BCUT2D eigenvalue weighted by atomic mass is 16.6. The van der Waals surface area contributed by atoms with E-state index in [9.17, 15) is 14.4 Å². The lowest BCUT2D eigenvalue weighted by Crippen LogP contribution is -2.30. The van der Waals surface area contributed by atoms with Crippen molar-refractivity contribution in [1.29, 1.82) is 0 Å². The summed E-state index contributed by atoms with van der Waals surface area (Å²) in [5, 5.41) is 0. The molecule has 0 fully saturated rings. The quantitative estimate of drug-likeness (QED) is 0.0262. The topological polar surface area (TPSA) is 78.9 Å². The standard InChI is InChI=1S/C63H114O6/c1-4-7-10-13-16-19-22-25-28-29-30-31-32-33-36-39-42-45-48-51-54-57-63(66)69-60(58-67-61(64)55-52-49-46-43-40-37-34-26-23-20-17-14-11-8-5-2)59-68-62(65)56-53-50-47-44-41-38-35-27-24-21-18-15-12-9-6-3/h17-18,20-21,26-27,34-35,60H,4-16,19,22-25,28-33,36-59H2,1-3H3/b20-17-,21-18-,34-26-,35-27-. The molecule has 0 bridgehead atoms. The number of allylic oxidation sites excluding steroid dienone is 8. The first kappa shape index (κ1) is 66.4. The van der Waals surface area contributed by atoms with E-state index in [0.29, 0.717) is 19.3 Å². The Balaban J connectivity index is 4.35. The van der Waals surface area contributed by atoms with Crippen LogP contribution in [0.4, 0.5) is 0 Å². The van der Waals surface area contributed by atoms with E-state index in [0.717, 1.165) is 96.3 Å². The number of esters is 3. The molecular formula is C63H114O6. The van der Waals surface area contributed by atoms with Crippen molar-refractivity contribution >= 4 is 17.9 Å². The molecule has 0 aromatic rings. The predicted molar refractivity (Wildman–Crippen MR) is 298 cm³/mol. The zero-order valence-electron chi connectivity index (χ0n) is 46.1. The fourth-order valence-corrected chi connectivity index (χ4v) is 8.74. The van der Waals surface area contributed by atoms with Gasteiger partial charge in [0.2, 0.25) is 0 Å². The zero-order valence-corrected chi connectivity index (χ0v) is 46.1.